The Bertz CT molecular complexity index is 386. The maximum absolute atomic E-state index is 8.42. The largest absolute Gasteiger partial charge is 0.356 e. The first-order valence-corrected chi connectivity index (χ1v) is 6.11. The van der Waals surface area contributed by atoms with Gasteiger partial charge in [-0.25, -0.2) is 9.97 Å². The molecule has 0 saturated heterocycles. The first kappa shape index (κ1) is 13.3. The maximum Gasteiger partial charge on any atom is 0.204 e. The summed E-state index contributed by atoms with van der Waals surface area (Å²) in [6, 6.07) is 1.79. The molecule has 0 fully saturated rings. The van der Waals surface area contributed by atoms with Crippen LogP contribution in [0.5, 0.6) is 0 Å². The zero-order valence-electron chi connectivity index (χ0n) is 9.55. The van der Waals surface area contributed by atoms with Crippen LogP contribution in [0, 0.1) is 11.5 Å². The maximum atomic E-state index is 8.42. The number of hydrogen-bond acceptors (Lipinski definition) is 5. The molecule has 7 heteroatoms. The molecule has 0 radical (unpaired) electrons. The van der Waals surface area contributed by atoms with Gasteiger partial charge < -0.3 is 5.32 Å². The summed E-state index contributed by atoms with van der Waals surface area (Å²) < 4.78 is 0. The van der Waals surface area contributed by atoms with Gasteiger partial charge >= 0.3 is 0 Å². The van der Waals surface area contributed by atoms with E-state index in [9.17, 15) is 0 Å². The van der Waals surface area contributed by atoms with Crippen molar-refractivity contribution in [1.82, 2.24) is 20.6 Å². The number of nitrogens with one attached hydrogen (secondary N) is 2. The van der Waals surface area contributed by atoms with E-state index in [4.69, 9.17) is 5.26 Å². The summed E-state index contributed by atoms with van der Waals surface area (Å²) >= 11 is 1.61. The summed E-state index contributed by atoms with van der Waals surface area (Å²) in [7, 11) is 1.62. The molecule has 0 spiro atoms. The fraction of sp³-hybridized carbons (Fsp3) is 0.400. The van der Waals surface area contributed by atoms with Crippen LogP contribution in [0.3, 0.4) is 0 Å². The molecule has 1 heterocycles. The molecule has 0 aliphatic rings. The lowest BCUT2D eigenvalue weighted by Gasteiger charge is -2.05. The van der Waals surface area contributed by atoms with Crippen LogP contribution in [0.2, 0.25) is 0 Å². The highest BCUT2D eigenvalue weighted by Gasteiger charge is 1.97. The van der Waals surface area contributed by atoms with Crippen LogP contribution in [0.4, 0.5) is 0 Å². The first-order valence-electron chi connectivity index (χ1n) is 5.12. The van der Waals surface area contributed by atoms with Gasteiger partial charge in [-0.3, -0.25) is 10.3 Å². The Hall–Kier alpha value is -1.81. The minimum Gasteiger partial charge on any atom is -0.356 e. The summed E-state index contributed by atoms with van der Waals surface area (Å²) in [5, 5.41) is 14.7. The van der Waals surface area contributed by atoms with E-state index in [0.29, 0.717) is 5.96 Å². The SMILES string of the molecule is CN=C(NC#N)NCCCSc1ncccn1. The van der Waals surface area contributed by atoms with Crippen LogP contribution < -0.4 is 10.6 Å². The van der Waals surface area contributed by atoms with Crippen molar-refractivity contribution in [2.24, 2.45) is 4.99 Å². The lowest BCUT2D eigenvalue weighted by atomic mass is 10.5. The summed E-state index contributed by atoms with van der Waals surface area (Å²) in [6.45, 7) is 0.751. The van der Waals surface area contributed by atoms with Gasteiger partial charge in [0.25, 0.3) is 0 Å². The summed E-state index contributed by atoms with van der Waals surface area (Å²) in [6.07, 6.45) is 6.21. The van der Waals surface area contributed by atoms with Gasteiger partial charge in [-0.1, -0.05) is 11.8 Å². The topological polar surface area (TPSA) is 86.0 Å². The second kappa shape index (κ2) is 8.35. The van der Waals surface area contributed by atoms with Crippen molar-refractivity contribution in [2.75, 3.05) is 19.3 Å². The molecule has 1 aromatic rings. The van der Waals surface area contributed by atoms with Crippen LogP contribution in [-0.4, -0.2) is 35.3 Å². The van der Waals surface area contributed by atoms with Crippen LogP contribution in [0.25, 0.3) is 0 Å². The highest BCUT2D eigenvalue weighted by molar-refractivity contribution is 7.99. The quantitative estimate of drug-likeness (QED) is 0.151. The molecule has 90 valence electrons. The molecule has 1 aromatic heterocycles. The van der Waals surface area contributed by atoms with Gasteiger partial charge in [0.2, 0.25) is 5.96 Å². The van der Waals surface area contributed by atoms with Gasteiger partial charge in [-0.2, -0.15) is 5.26 Å². The fourth-order valence-electron chi connectivity index (χ4n) is 1.03. The lowest BCUT2D eigenvalue weighted by Crippen LogP contribution is -2.35. The Kier molecular flexibility index (Phi) is 6.51. The average Bonchev–Trinajstić information content (AvgIpc) is 2.38. The van der Waals surface area contributed by atoms with Gasteiger partial charge in [-0.15, -0.1) is 0 Å². The number of thioether (sulfide) groups is 1. The van der Waals surface area contributed by atoms with Crippen molar-refractivity contribution in [3.8, 4) is 6.19 Å². The van der Waals surface area contributed by atoms with Crippen molar-refractivity contribution in [2.45, 2.75) is 11.6 Å². The number of guanidine groups is 1. The molecule has 0 aromatic carbocycles. The van der Waals surface area contributed by atoms with Gasteiger partial charge in [0, 0.05) is 31.7 Å². The number of rotatable bonds is 5. The average molecular weight is 250 g/mol. The van der Waals surface area contributed by atoms with Gasteiger partial charge in [0.05, 0.1) is 0 Å². The van der Waals surface area contributed by atoms with Gasteiger partial charge in [0.15, 0.2) is 11.3 Å². The zero-order valence-corrected chi connectivity index (χ0v) is 10.4. The fourth-order valence-corrected chi connectivity index (χ4v) is 1.78. The molecule has 17 heavy (non-hydrogen) atoms. The minimum atomic E-state index is 0.494. The van der Waals surface area contributed by atoms with Crippen molar-refractivity contribution in [1.29, 1.82) is 5.26 Å². The number of aliphatic imine (C=N–C) groups is 1. The van der Waals surface area contributed by atoms with E-state index in [-0.39, 0.29) is 0 Å². The Morgan fingerprint density at radius 2 is 2.29 bits per heavy atom. The van der Waals surface area contributed by atoms with Gasteiger partial charge in [-0.05, 0) is 12.5 Å². The Balaban J connectivity index is 2.11. The molecule has 0 aliphatic carbocycles. The third kappa shape index (κ3) is 5.73. The molecule has 0 amide bonds. The molecule has 0 unspecified atom stereocenters. The van der Waals surface area contributed by atoms with Crippen molar-refractivity contribution >= 4 is 17.7 Å². The van der Waals surface area contributed by atoms with Crippen LogP contribution in [0.1, 0.15) is 6.42 Å². The van der Waals surface area contributed by atoms with E-state index in [1.54, 1.807) is 37.3 Å². The second-order valence-corrected chi connectivity index (χ2v) is 4.03. The van der Waals surface area contributed by atoms with E-state index in [1.165, 1.54) is 0 Å². The summed E-state index contributed by atoms with van der Waals surface area (Å²) in [4.78, 5) is 12.1. The molecule has 0 atom stereocenters. The predicted molar refractivity (Wildman–Crippen MR) is 67.5 cm³/mol. The number of nitriles is 1. The van der Waals surface area contributed by atoms with Crippen molar-refractivity contribution in [3.05, 3.63) is 18.5 Å². The predicted octanol–water partition coefficient (Wildman–Crippen LogP) is 0.605. The Morgan fingerprint density at radius 3 is 2.94 bits per heavy atom. The zero-order chi connectivity index (χ0) is 12.3. The third-order valence-electron chi connectivity index (χ3n) is 1.78. The van der Waals surface area contributed by atoms with E-state index in [1.807, 2.05) is 6.19 Å². The second-order valence-electron chi connectivity index (χ2n) is 2.97. The van der Waals surface area contributed by atoms with Crippen LogP contribution in [-0.2, 0) is 0 Å². The normalized spacial score (nSPS) is 10.7. The summed E-state index contributed by atoms with van der Waals surface area (Å²) in [5.74, 6) is 1.41. The smallest absolute Gasteiger partial charge is 0.204 e. The van der Waals surface area contributed by atoms with E-state index < -0.39 is 0 Å². The van der Waals surface area contributed by atoms with Crippen molar-refractivity contribution < 1.29 is 0 Å². The third-order valence-corrected chi connectivity index (χ3v) is 2.75. The Morgan fingerprint density at radius 1 is 1.53 bits per heavy atom. The van der Waals surface area contributed by atoms with Crippen LogP contribution in [0.15, 0.2) is 28.6 Å². The highest BCUT2D eigenvalue weighted by atomic mass is 32.2. The summed E-state index contributed by atoms with van der Waals surface area (Å²) in [5.41, 5.74) is 0. The lowest BCUT2D eigenvalue weighted by molar-refractivity contribution is 0.825. The van der Waals surface area contributed by atoms with E-state index in [0.717, 1.165) is 23.9 Å². The molecular formula is C10H14N6S. The first-order chi connectivity index (χ1) is 8.36. The minimum absolute atomic E-state index is 0.494. The number of hydrogen-bond donors (Lipinski definition) is 2. The number of nitrogens with zero attached hydrogens (tertiary/aromatic N) is 4. The number of aromatic nitrogens is 2. The highest BCUT2D eigenvalue weighted by Crippen LogP contribution is 2.11. The van der Waals surface area contributed by atoms with Gasteiger partial charge in [0.1, 0.15) is 0 Å². The van der Waals surface area contributed by atoms with Crippen molar-refractivity contribution in [3.63, 3.8) is 0 Å². The molecule has 6 nitrogen and oxygen atoms in total. The Labute approximate surface area is 105 Å². The molecule has 1 rings (SSSR count). The molecule has 0 bridgehead atoms. The molecule has 2 N–H and O–H groups in total. The monoisotopic (exact) mass is 250 g/mol. The van der Waals surface area contributed by atoms with E-state index in [2.05, 4.69) is 25.6 Å². The molecule has 0 aliphatic heterocycles. The van der Waals surface area contributed by atoms with Crippen LogP contribution >= 0.6 is 11.8 Å². The molecular weight excluding hydrogens is 236 g/mol. The molecule has 0 saturated carbocycles. The van der Waals surface area contributed by atoms with E-state index >= 15 is 0 Å². The standard InChI is InChI=1S/C10H14N6S/c1-12-9(16-8-11)13-6-3-7-17-10-14-4-2-5-15-10/h2,4-5H,3,6-7H2,1H3,(H2,12,13,16).